The van der Waals surface area contributed by atoms with Crippen LogP contribution in [0.3, 0.4) is 0 Å². The van der Waals surface area contributed by atoms with E-state index in [9.17, 15) is 5.26 Å². The zero-order valence-electron chi connectivity index (χ0n) is 14.0. The number of likely N-dealkylation sites (tertiary alicyclic amines) is 1. The fourth-order valence-electron chi connectivity index (χ4n) is 3.28. The van der Waals surface area contributed by atoms with Crippen LogP contribution >= 0.6 is 0 Å². The van der Waals surface area contributed by atoms with Crippen LogP contribution in [0, 0.1) is 11.3 Å². The number of ether oxygens (including phenoxy) is 1. The number of nitriles is 1. The lowest BCUT2D eigenvalue weighted by atomic mass is 9.89. The fraction of sp³-hybridized carbons (Fsp3) is 0.938. The molecule has 1 aliphatic heterocycles. The third-order valence-corrected chi connectivity index (χ3v) is 4.36. The third kappa shape index (κ3) is 4.73. The lowest BCUT2D eigenvalue weighted by Gasteiger charge is -2.43. The standard InChI is InChI=1S/C16H31N3O/c1-13(2)18-15(4,11-17)10-14(3)19-9-7-8-16(5,12-19)20-6/h13-14,18H,7-10,12H2,1-6H3. The largest absolute Gasteiger partial charge is 0.377 e. The zero-order valence-corrected chi connectivity index (χ0v) is 14.0. The maximum absolute atomic E-state index is 9.47. The summed E-state index contributed by atoms with van der Waals surface area (Å²) in [5.74, 6) is 0. The van der Waals surface area contributed by atoms with E-state index in [2.05, 4.69) is 44.0 Å². The molecule has 116 valence electrons. The second kappa shape index (κ2) is 6.89. The fourth-order valence-corrected chi connectivity index (χ4v) is 3.28. The van der Waals surface area contributed by atoms with Gasteiger partial charge in [-0.25, -0.2) is 0 Å². The first-order valence-corrected chi connectivity index (χ1v) is 7.72. The van der Waals surface area contributed by atoms with Gasteiger partial charge >= 0.3 is 0 Å². The summed E-state index contributed by atoms with van der Waals surface area (Å²) in [7, 11) is 1.80. The molecule has 1 heterocycles. The quantitative estimate of drug-likeness (QED) is 0.813. The van der Waals surface area contributed by atoms with Gasteiger partial charge in [0.2, 0.25) is 0 Å². The van der Waals surface area contributed by atoms with Crippen molar-refractivity contribution in [3.8, 4) is 6.07 Å². The predicted molar refractivity (Wildman–Crippen MR) is 82.6 cm³/mol. The van der Waals surface area contributed by atoms with Crippen LogP contribution in [-0.2, 0) is 4.74 Å². The van der Waals surface area contributed by atoms with Crippen LogP contribution in [0.15, 0.2) is 0 Å². The Balaban J connectivity index is 2.65. The molecule has 3 unspecified atom stereocenters. The highest BCUT2D eigenvalue weighted by molar-refractivity contribution is 5.06. The monoisotopic (exact) mass is 281 g/mol. The Labute approximate surface area is 124 Å². The van der Waals surface area contributed by atoms with Gasteiger partial charge in [0.1, 0.15) is 5.54 Å². The second-order valence-corrected chi connectivity index (χ2v) is 7.02. The van der Waals surface area contributed by atoms with Gasteiger partial charge in [-0.1, -0.05) is 0 Å². The third-order valence-electron chi connectivity index (χ3n) is 4.36. The van der Waals surface area contributed by atoms with Gasteiger partial charge in [-0.2, -0.15) is 5.26 Å². The van der Waals surface area contributed by atoms with Crippen LogP contribution in [0.2, 0.25) is 0 Å². The minimum Gasteiger partial charge on any atom is -0.377 e. The minimum absolute atomic E-state index is 0.0406. The highest BCUT2D eigenvalue weighted by Crippen LogP contribution is 2.27. The molecule has 1 rings (SSSR count). The van der Waals surface area contributed by atoms with Crippen molar-refractivity contribution >= 4 is 0 Å². The molecule has 0 spiro atoms. The number of rotatable bonds is 6. The number of hydrogen-bond donors (Lipinski definition) is 1. The molecule has 3 atom stereocenters. The summed E-state index contributed by atoms with van der Waals surface area (Å²) in [5, 5.41) is 12.9. The molecule has 1 N–H and O–H groups in total. The van der Waals surface area contributed by atoms with Crippen LogP contribution in [0.5, 0.6) is 0 Å². The van der Waals surface area contributed by atoms with Crippen molar-refractivity contribution in [1.29, 1.82) is 5.26 Å². The van der Waals surface area contributed by atoms with E-state index in [0.29, 0.717) is 12.1 Å². The van der Waals surface area contributed by atoms with Crippen molar-refractivity contribution in [3.63, 3.8) is 0 Å². The molecule has 0 bridgehead atoms. The second-order valence-electron chi connectivity index (χ2n) is 7.02. The molecule has 0 amide bonds. The summed E-state index contributed by atoms with van der Waals surface area (Å²) in [5.41, 5.74) is -0.504. The van der Waals surface area contributed by atoms with E-state index in [4.69, 9.17) is 4.74 Å². The molecule has 0 aromatic heterocycles. The summed E-state index contributed by atoms with van der Waals surface area (Å²) in [6.45, 7) is 12.6. The van der Waals surface area contributed by atoms with E-state index in [1.807, 2.05) is 6.92 Å². The molecular formula is C16H31N3O. The highest BCUT2D eigenvalue weighted by atomic mass is 16.5. The lowest BCUT2D eigenvalue weighted by molar-refractivity contribution is -0.0616. The SMILES string of the molecule is COC1(C)CCCN(C(C)CC(C)(C#N)NC(C)C)C1. The van der Waals surface area contributed by atoms with Crippen LogP contribution in [-0.4, -0.2) is 48.3 Å². The molecule has 1 aliphatic rings. The van der Waals surface area contributed by atoms with Crippen LogP contribution in [0.4, 0.5) is 0 Å². The van der Waals surface area contributed by atoms with Gasteiger partial charge in [-0.15, -0.1) is 0 Å². The summed E-state index contributed by atoms with van der Waals surface area (Å²) >= 11 is 0. The van der Waals surface area contributed by atoms with Gasteiger partial charge in [-0.3, -0.25) is 10.2 Å². The Hall–Kier alpha value is -0.630. The molecule has 1 fully saturated rings. The van der Waals surface area contributed by atoms with E-state index < -0.39 is 5.54 Å². The smallest absolute Gasteiger partial charge is 0.105 e. The maximum atomic E-state index is 9.47. The molecule has 0 saturated carbocycles. The first-order valence-electron chi connectivity index (χ1n) is 7.72. The number of methoxy groups -OCH3 is 1. The van der Waals surface area contributed by atoms with Gasteiger partial charge in [0.05, 0.1) is 11.7 Å². The molecular weight excluding hydrogens is 250 g/mol. The summed E-state index contributed by atoms with van der Waals surface area (Å²) in [6, 6.07) is 3.14. The van der Waals surface area contributed by atoms with E-state index in [1.54, 1.807) is 7.11 Å². The highest BCUT2D eigenvalue weighted by Gasteiger charge is 2.35. The predicted octanol–water partition coefficient (Wildman–Crippen LogP) is 2.55. The number of nitrogens with one attached hydrogen (secondary N) is 1. The Kier molecular flexibility index (Phi) is 6.00. The average molecular weight is 281 g/mol. The van der Waals surface area contributed by atoms with Gasteiger partial charge in [0.25, 0.3) is 0 Å². The first-order chi connectivity index (χ1) is 9.23. The van der Waals surface area contributed by atoms with Gasteiger partial charge < -0.3 is 4.74 Å². The van der Waals surface area contributed by atoms with Crippen LogP contribution in [0.1, 0.15) is 53.9 Å². The van der Waals surface area contributed by atoms with Crippen molar-refractivity contribution < 1.29 is 4.74 Å². The van der Waals surface area contributed by atoms with Crippen molar-refractivity contribution in [2.75, 3.05) is 20.2 Å². The topological polar surface area (TPSA) is 48.3 Å². The van der Waals surface area contributed by atoms with Crippen molar-refractivity contribution in [3.05, 3.63) is 0 Å². The molecule has 0 aliphatic carbocycles. The normalized spacial score (nSPS) is 28.9. The van der Waals surface area contributed by atoms with Crippen molar-refractivity contribution in [1.82, 2.24) is 10.2 Å². The molecule has 0 aromatic carbocycles. The summed E-state index contributed by atoms with van der Waals surface area (Å²) < 4.78 is 5.66. The van der Waals surface area contributed by atoms with Crippen LogP contribution in [0.25, 0.3) is 0 Å². The van der Waals surface area contributed by atoms with E-state index in [-0.39, 0.29) is 5.60 Å². The van der Waals surface area contributed by atoms with E-state index in [0.717, 1.165) is 32.4 Å². The van der Waals surface area contributed by atoms with Gasteiger partial charge in [0, 0.05) is 25.7 Å². The minimum atomic E-state index is -0.464. The lowest BCUT2D eigenvalue weighted by Crippen LogP contribution is -2.54. The first kappa shape index (κ1) is 17.4. The Morgan fingerprint density at radius 3 is 2.60 bits per heavy atom. The zero-order chi connectivity index (χ0) is 15.4. The maximum Gasteiger partial charge on any atom is 0.105 e. The molecule has 4 nitrogen and oxygen atoms in total. The number of piperidine rings is 1. The van der Waals surface area contributed by atoms with E-state index in [1.165, 1.54) is 0 Å². The molecule has 20 heavy (non-hydrogen) atoms. The van der Waals surface area contributed by atoms with Crippen molar-refractivity contribution in [2.24, 2.45) is 0 Å². The van der Waals surface area contributed by atoms with Gasteiger partial charge in [0.15, 0.2) is 0 Å². The molecule has 0 aromatic rings. The van der Waals surface area contributed by atoms with Gasteiger partial charge in [-0.05, 0) is 60.4 Å². The molecule has 1 saturated heterocycles. The molecule has 4 heteroatoms. The summed E-state index contributed by atoms with van der Waals surface area (Å²) in [6.07, 6.45) is 3.11. The Bertz CT molecular complexity index is 352. The Morgan fingerprint density at radius 1 is 1.45 bits per heavy atom. The molecule has 0 radical (unpaired) electrons. The van der Waals surface area contributed by atoms with Crippen molar-refractivity contribution in [2.45, 2.75) is 77.1 Å². The number of nitrogens with zero attached hydrogens (tertiary/aromatic N) is 2. The van der Waals surface area contributed by atoms with Crippen LogP contribution < -0.4 is 5.32 Å². The Morgan fingerprint density at radius 2 is 2.10 bits per heavy atom. The van der Waals surface area contributed by atoms with E-state index >= 15 is 0 Å². The average Bonchev–Trinajstić information content (AvgIpc) is 2.37. The summed E-state index contributed by atoms with van der Waals surface area (Å²) in [4.78, 5) is 2.46. The number of hydrogen-bond acceptors (Lipinski definition) is 4.